The molecule has 0 aliphatic heterocycles. The first kappa shape index (κ1) is 16.1. The van der Waals surface area contributed by atoms with E-state index in [1.165, 1.54) is 25.7 Å². The zero-order valence-corrected chi connectivity index (χ0v) is 13.8. The van der Waals surface area contributed by atoms with E-state index in [1.807, 2.05) is 0 Å². The summed E-state index contributed by atoms with van der Waals surface area (Å²) in [5.74, 6) is 1.51. The van der Waals surface area contributed by atoms with Crippen LogP contribution in [0.5, 0.6) is 0 Å². The van der Waals surface area contributed by atoms with Crippen molar-refractivity contribution in [2.24, 2.45) is 17.3 Å². The maximum Gasteiger partial charge on any atom is 0.226 e. The van der Waals surface area contributed by atoms with Crippen LogP contribution in [0, 0.1) is 17.3 Å². The Bertz CT molecular complexity index is 323. The fourth-order valence-electron chi connectivity index (χ4n) is 4.19. The fourth-order valence-corrected chi connectivity index (χ4v) is 4.60. The van der Waals surface area contributed by atoms with Crippen LogP contribution in [0.25, 0.3) is 0 Å². The van der Waals surface area contributed by atoms with E-state index in [4.69, 9.17) is 11.6 Å². The molecule has 20 heavy (non-hydrogen) atoms. The van der Waals surface area contributed by atoms with Gasteiger partial charge in [-0.25, -0.2) is 0 Å². The first-order valence-corrected chi connectivity index (χ1v) is 8.88. The molecule has 2 saturated carbocycles. The van der Waals surface area contributed by atoms with Crippen LogP contribution in [0.4, 0.5) is 0 Å². The average molecular weight is 300 g/mol. The molecule has 1 N–H and O–H groups in total. The summed E-state index contributed by atoms with van der Waals surface area (Å²) in [6.45, 7) is 5.29. The number of rotatable bonds is 5. The van der Waals surface area contributed by atoms with Crippen molar-refractivity contribution in [2.75, 3.05) is 6.54 Å². The molecule has 0 radical (unpaired) electrons. The van der Waals surface area contributed by atoms with Crippen molar-refractivity contribution < 1.29 is 4.79 Å². The summed E-state index contributed by atoms with van der Waals surface area (Å²) in [6.07, 6.45) is 10.3. The normalized spacial score (nSPS) is 29.6. The minimum absolute atomic E-state index is 0.0663. The van der Waals surface area contributed by atoms with E-state index in [0.29, 0.717) is 23.1 Å². The molecular formula is C17H30ClNO. The van der Waals surface area contributed by atoms with Crippen LogP contribution >= 0.6 is 11.6 Å². The van der Waals surface area contributed by atoms with Crippen molar-refractivity contribution in [3.05, 3.63) is 0 Å². The highest BCUT2D eigenvalue weighted by Crippen LogP contribution is 2.43. The minimum atomic E-state index is -0.0663. The molecular weight excluding hydrogens is 270 g/mol. The van der Waals surface area contributed by atoms with Gasteiger partial charge in [-0.2, -0.15) is 0 Å². The minimum Gasteiger partial charge on any atom is -0.355 e. The molecule has 0 heterocycles. The average Bonchev–Trinajstić information content (AvgIpc) is 2.85. The van der Waals surface area contributed by atoms with Gasteiger partial charge in [0, 0.05) is 17.3 Å². The Morgan fingerprint density at radius 3 is 2.55 bits per heavy atom. The number of amides is 1. The van der Waals surface area contributed by atoms with Gasteiger partial charge in [0.25, 0.3) is 0 Å². The molecule has 0 aromatic carbocycles. The first-order chi connectivity index (χ1) is 9.52. The van der Waals surface area contributed by atoms with Crippen LogP contribution in [0.1, 0.15) is 71.6 Å². The molecule has 2 fully saturated rings. The molecule has 2 nitrogen and oxygen atoms in total. The van der Waals surface area contributed by atoms with E-state index in [-0.39, 0.29) is 5.41 Å². The number of hydrogen-bond acceptors (Lipinski definition) is 1. The molecule has 0 aromatic rings. The number of carbonyl (C=O) groups excluding carboxylic acids is 1. The van der Waals surface area contributed by atoms with E-state index in [0.717, 1.165) is 38.6 Å². The Morgan fingerprint density at radius 1 is 1.25 bits per heavy atom. The lowest BCUT2D eigenvalue weighted by atomic mass is 9.77. The van der Waals surface area contributed by atoms with E-state index < -0.39 is 0 Å². The lowest BCUT2D eigenvalue weighted by Crippen LogP contribution is -2.42. The van der Waals surface area contributed by atoms with Crippen LogP contribution in [0.15, 0.2) is 0 Å². The van der Waals surface area contributed by atoms with Crippen molar-refractivity contribution in [1.29, 1.82) is 0 Å². The second kappa shape index (κ2) is 7.15. The third-order valence-electron chi connectivity index (χ3n) is 5.11. The van der Waals surface area contributed by atoms with Crippen molar-refractivity contribution in [3.8, 4) is 0 Å². The van der Waals surface area contributed by atoms with Crippen molar-refractivity contribution in [3.63, 3.8) is 0 Å². The summed E-state index contributed by atoms with van der Waals surface area (Å²) < 4.78 is 0. The molecule has 2 unspecified atom stereocenters. The molecule has 0 bridgehead atoms. The van der Waals surface area contributed by atoms with Gasteiger partial charge >= 0.3 is 0 Å². The molecule has 2 aliphatic carbocycles. The van der Waals surface area contributed by atoms with Gasteiger partial charge in [0.1, 0.15) is 0 Å². The van der Waals surface area contributed by atoms with Crippen LogP contribution in [0.3, 0.4) is 0 Å². The van der Waals surface area contributed by atoms with E-state index in [1.54, 1.807) is 0 Å². The van der Waals surface area contributed by atoms with Crippen LogP contribution in [-0.4, -0.2) is 17.8 Å². The van der Waals surface area contributed by atoms with Crippen LogP contribution in [-0.2, 0) is 4.79 Å². The molecule has 0 saturated heterocycles. The quantitative estimate of drug-likeness (QED) is 0.744. The standard InChI is InChI=1S/C17H30ClNO/c1-13(2)11-17(8-3-4-9-17)16(20)19-12-14-6-5-7-15(18)10-14/h13-15H,3-12H2,1-2H3,(H,19,20). The van der Waals surface area contributed by atoms with Crippen LogP contribution < -0.4 is 5.32 Å². The van der Waals surface area contributed by atoms with Gasteiger partial charge in [0.2, 0.25) is 5.91 Å². The fraction of sp³-hybridized carbons (Fsp3) is 0.941. The predicted octanol–water partition coefficient (Wildman–Crippen LogP) is 4.51. The SMILES string of the molecule is CC(C)CC1(C(=O)NCC2CCCC(Cl)C2)CCCC1. The highest BCUT2D eigenvalue weighted by Gasteiger charge is 2.41. The first-order valence-electron chi connectivity index (χ1n) is 8.44. The molecule has 2 aliphatic rings. The summed E-state index contributed by atoms with van der Waals surface area (Å²) in [5, 5.41) is 3.58. The number of nitrogens with one attached hydrogen (secondary N) is 1. The summed E-state index contributed by atoms with van der Waals surface area (Å²) in [5.41, 5.74) is -0.0663. The molecule has 0 spiro atoms. The van der Waals surface area contributed by atoms with Crippen molar-refractivity contribution >= 4 is 17.5 Å². The number of hydrogen-bond donors (Lipinski definition) is 1. The van der Waals surface area contributed by atoms with E-state index in [2.05, 4.69) is 19.2 Å². The largest absolute Gasteiger partial charge is 0.355 e. The van der Waals surface area contributed by atoms with Gasteiger partial charge in [-0.05, 0) is 50.4 Å². The molecule has 0 aromatic heterocycles. The molecule has 2 rings (SSSR count). The Kier molecular flexibility index (Phi) is 5.77. The van der Waals surface area contributed by atoms with Gasteiger partial charge in [-0.1, -0.05) is 33.1 Å². The van der Waals surface area contributed by atoms with E-state index in [9.17, 15) is 4.79 Å². The van der Waals surface area contributed by atoms with Gasteiger partial charge in [-0.15, -0.1) is 11.6 Å². The number of alkyl halides is 1. The van der Waals surface area contributed by atoms with Crippen molar-refractivity contribution in [2.45, 2.75) is 77.0 Å². The third kappa shape index (κ3) is 4.13. The highest BCUT2D eigenvalue weighted by atomic mass is 35.5. The maximum absolute atomic E-state index is 12.7. The van der Waals surface area contributed by atoms with E-state index >= 15 is 0 Å². The number of halogens is 1. The van der Waals surface area contributed by atoms with Crippen LogP contribution in [0.2, 0.25) is 0 Å². The molecule has 3 heteroatoms. The Balaban J connectivity index is 1.85. The lowest BCUT2D eigenvalue weighted by Gasteiger charge is -2.31. The Morgan fingerprint density at radius 2 is 1.95 bits per heavy atom. The molecule has 2 atom stereocenters. The summed E-state index contributed by atoms with van der Waals surface area (Å²) in [4.78, 5) is 12.7. The summed E-state index contributed by atoms with van der Waals surface area (Å²) >= 11 is 6.24. The van der Waals surface area contributed by atoms with Gasteiger partial charge in [0.15, 0.2) is 0 Å². The van der Waals surface area contributed by atoms with Gasteiger partial charge in [-0.3, -0.25) is 4.79 Å². The van der Waals surface area contributed by atoms with Gasteiger partial charge in [0.05, 0.1) is 0 Å². The smallest absolute Gasteiger partial charge is 0.226 e. The predicted molar refractivity (Wildman–Crippen MR) is 85.0 cm³/mol. The summed E-state index contributed by atoms with van der Waals surface area (Å²) in [7, 11) is 0. The number of carbonyl (C=O) groups is 1. The zero-order valence-electron chi connectivity index (χ0n) is 13.1. The van der Waals surface area contributed by atoms with Gasteiger partial charge < -0.3 is 5.32 Å². The zero-order chi connectivity index (χ0) is 14.6. The second-order valence-electron chi connectivity index (χ2n) is 7.43. The maximum atomic E-state index is 12.7. The van der Waals surface area contributed by atoms with Crippen molar-refractivity contribution in [1.82, 2.24) is 5.32 Å². The lowest BCUT2D eigenvalue weighted by molar-refractivity contribution is -0.132. The Hall–Kier alpha value is -0.240. The second-order valence-corrected chi connectivity index (χ2v) is 8.04. The Labute approximate surface area is 129 Å². The third-order valence-corrected chi connectivity index (χ3v) is 5.51. The molecule has 1 amide bonds. The monoisotopic (exact) mass is 299 g/mol. The topological polar surface area (TPSA) is 29.1 Å². The molecule has 116 valence electrons. The highest BCUT2D eigenvalue weighted by molar-refractivity contribution is 6.20. The summed E-state index contributed by atoms with van der Waals surface area (Å²) in [6, 6.07) is 0.